The molecule has 0 spiro atoms. The average Bonchev–Trinajstić information content (AvgIpc) is 2.86. The van der Waals surface area contributed by atoms with E-state index in [4.69, 9.17) is 4.74 Å². The molecule has 1 amide bonds. The lowest BCUT2D eigenvalue weighted by molar-refractivity contribution is 0.0526. The number of amides is 1. The van der Waals surface area contributed by atoms with E-state index in [1.54, 1.807) is 31.2 Å². The maximum absolute atomic E-state index is 12.0. The van der Waals surface area contributed by atoms with Crippen molar-refractivity contribution in [3.05, 3.63) is 51.7 Å². The maximum Gasteiger partial charge on any atom is 0.338 e. The molecule has 0 saturated heterocycles. The van der Waals surface area contributed by atoms with Crippen molar-refractivity contribution in [2.24, 2.45) is 0 Å². The minimum Gasteiger partial charge on any atom is -0.462 e. The summed E-state index contributed by atoms with van der Waals surface area (Å²) in [6, 6.07) is 8.55. The number of aryl methyl sites for hydroxylation is 1. The molecule has 0 saturated carbocycles. The monoisotopic (exact) mass is 289 g/mol. The molecule has 0 aliphatic carbocycles. The minimum absolute atomic E-state index is 0.138. The molecule has 2 rings (SSSR count). The normalized spacial score (nSPS) is 10.1. The Hall–Kier alpha value is -2.14. The molecule has 0 radical (unpaired) electrons. The van der Waals surface area contributed by atoms with Gasteiger partial charge in [0.2, 0.25) is 0 Å². The summed E-state index contributed by atoms with van der Waals surface area (Å²) >= 11 is 1.41. The highest BCUT2D eigenvalue weighted by Gasteiger charge is 2.11. The molecule has 1 heterocycles. The zero-order valence-electron chi connectivity index (χ0n) is 11.3. The van der Waals surface area contributed by atoms with Crippen molar-refractivity contribution in [3.63, 3.8) is 0 Å². The Bertz CT molecular complexity index is 616. The standard InChI is InChI=1S/C15H15NO3S/c1-3-19-15(18)11-4-6-12(7-5-11)16-14(17)13-10(2)8-9-20-13/h4-9H,3H2,1-2H3,(H,16,17). The van der Waals surface area contributed by atoms with E-state index < -0.39 is 0 Å². The van der Waals surface area contributed by atoms with E-state index in [9.17, 15) is 9.59 Å². The predicted octanol–water partition coefficient (Wildman–Crippen LogP) is 3.49. The summed E-state index contributed by atoms with van der Waals surface area (Å²) in [5, 5.41) is 4.69. The number of carbonyl (C=O) groups is 2. The second-order valence-electron chi connectivity index (χ2n) is 4.18. The third kappa shape index (κ3) is 3.24. The molecule has 0 atom stereocenters. The van der Waals surface area contributed by atoms with Crippen molar-refractivity contribution in [1.82, 2.24) is 0 Å². The van der Waals surface area contributed by atoms with E-state index >= 15 is 0 Å². The van der Waals surface area contributed by atoms with Crippen LogP contribution in [0.4, 0.5) is 5.69 Å². The summed E-state index contributed by atoms with van der Waals surface area (Å²) < 4.78 is 4.90. The van der Waals surface area contributed by atoms with Gasteiger partial charge in [-0.1, -0.05) is 0 Å². The zero-order chi connectivity index (χ0) is 14.5. The smallest absolute Gasteiger partial charge is 0.338 e. The number of hydrogen-bond acceptors (Lipinski definition) is 4. The van der Waals surface area contributed by atoms with Gasteiger partial charge >= 0.3 is 5.97 Å². The van der Waals surface area contributed by atoms with Crippen LogP contribution in [-0.2, 0) is 4.74 Å². The number of thiophene rings is 1. The highest BCUT2D eigenvalue weighted by Crippen LogP contribution is 2.18. The lowest BCUT2D eigenvalue weighted by atomic mass is 10.2. The fourth-order valence-electron chi connectivity index (χ4n) is 1.70. The number of nitrogens with one attached hydrogen (secondary N) is 1. The Kier molecular flexibility index (Phi) is 4.53. The molecule has 0 aliphatic heterocycles. The lowest BCUT2D eigenvalue weighted by Gasteiger charge is -2.06. The van der Waals surface area contributed by atoms with Gasteiger partial charge in [0.1, 0.15) is 0 Å². The summed E-state index contributed by atoms with van der Waals surface area (Å²) in [6.45, 7) is 4.00. The molecule has 1 aromatic carbocycles. The van der Waals surface area contributed by atoms with Crippen LogP contribution in [-0.4, -0.2) is 18.5 Å². The number of anilines is 1. The first kappa shape index (κ1) is 14.3. The molecular weight excluding hydrogens is 274 g/mol. The van der Waals surface area contributed by atoms with E-state index in [2.05, 4.69) is 5.32 Å². The molecule has 1 aromatic heterocycles. The molecule has 0 unspecified atom stereocenters. The Balaban J connectivity index is 2.06. The van der Waals surface area contributed by atoms with E-state index in [1.165, 1.54) is 11.3 Å². The Morgan fingerprint density at radius 1 is 1.20 bits per heavy atom. The third-order valence-electron chi connectivity index (χ3n) is 2.72. The molecular formula is C15H15NO3S. The first-order chi connectivity index (χ1) is 9.61. The number of rotatable bonds is 4. The highest BCUT2D eigenvalue weighted by atomic mass is 32.1. The molecule has 1 N–H and O–H groups in total. The number of benzene rings is 1. The van der Waals surface area contributed by atoms with Crippen LogP contribution in [0, 0.1) is 6.92 Å². The number of carbonyl (C=O) groups excluding carboxylic acids is 2. The van der Waals surface area contributed by atoms with Gasteiger partial charge in [-0.25, -0.2) is 4.79 Å². The van der Waals surface area contributed by atoms with E-state index in [1.807, 2.05) is 18.4 Å². The van der Waals surface area contributed by atoms with Gasteiger partial charge in [-0.2, -0.15) is 0 Å². The van der Waals surface area contributed by atoms with Gasteiger partial charge in [0.25, 0.3) is 5.91 Å². The topological polar surface area (TPSA) is 55.4 Å². The van der Waals surface area contributed by atoms with Crippen LogP contribution in [0.15, 0.2) is 35.7 Å². The second-order valence-corrected chi connectivity index (χ2v) is 5.10. The van der Waals surface area contributed by atoms with Crippen LogP contribution >= 0.6 is 11.3 Å². The van der Waals surface area contributed by atoms with Gasteiger partial charge < -0.3 is 10.1 Å². The number of ether oxygens (including phenoxy) is 1. The lowest BCUT2D eigenvalue weighted by Crippen LogP contribution is -2.11. The first-order valence-electron chi connectivity index (χ1n) is 6.24. The van der Waals surface area contributed by atoms with Crippen LogP contribution < -0.4 is 5.32 Å². The molecule has 0 bridgehead atoms. The van der Waals surface area contributed by atoms with E-state index in [0.717, 1.165) is 5.56 Å². The van der Waals surface area contributed by atoms with Crippen molar-refractivity contribution >= 4 is 28.9 Å². The fraction of sp³-hybridized carbons (Fsp3) is 0.200. The quantitative estimate of drug-likeness (QED) is 0.877. The Morgan fingerprint density at radius 2 is 1.90 bits per heavy atom. The molecule has 104 valence electrons. The summed E-state index contributed by atoms with van der Waals surface area (Å²) in [6.07, 6.45) is 0. The van der Waals surface area contributed by atoms with Crippen molar-refractivity contribution in [2.45, 2.75) is 13.8 Å². The van der Waals surface area contributed by atoms with Gasteiger partial charge in [-0.15, -0.1) is 11.3 Å². The molecule has 20 heavy (non-hydrogen) atoms. The Morgan fingerprint density at radius 3 is 2.45 bits per heavy atom. The van der Waals surface area contributed by atoms with Gasteiger partial charge in [0, 0.05) is 5.69 Å². The van der Waals surface area contributed by atoms with Crippen LogP contribution in [0.2, 0.25) is 0 Å². The van der Waals surface area contributed by atoms with Crippen molar-refractivity contribution in [2.75, 3.05) is 11.9 Å². The maximum atomic E-state index is 12.0. The molecule has 5 heteroatoms. The van der Waals surface area contributed by atoms with Crippen LogP contribution in [0.5, 0.6) is 0 Å². The van der Waals surface area contributed by atoms with Gasteiger partial charge in [0.05, 0.1) is 17.0 Å². The van der Waals surface area contributed by atoms with Crippen LogP contribution in [0.1, 0.15) is 32.5 Å². The Labute approximate surface area is 121 Å². The second kappa shape index (κ2) is 6.34. The molecule has 0 fully saturated rings. The SMILES string of the molecule is CCOC(=O)c1ccc(NC(=O)c2sccc2C)cc1. The van der Waals surface area contributed by atoms with Crippen molar-refractivity contribution in [1.29, 1.82) is 0 Å². The van der Waals surface area contributed by atoms with Crippen LogP contribution in [0.3, 0.4) is 0 Å². The van der Waals surface area contributed by atoms with E-state index in [-0.39, 0.29) is 11.9 Å². The number of esters is 1. The van der Waals surface area contributed by atoms with Gasteiger partial charge in [0.15, 0.2) is 0 Å². The van der Waals surface area contributed by atoms with E-state index in [0.29, 0.717) is 22.7 Å². The van der Waals surface area contributed by atoms with Gasteiger partial charge in [-0.05, 0) is 55.1 Å². The molecule has 4 nitrogen and oxygen atoms in total. The number of hydrogen-bond donors (Lipinski definition) is 1. The van der Waals surface area contributed by atoms with Crippen molar-refractivity contribution in [3.8, 4) is 0 Å². The predicted molar refractivity (Wildman–Crippen MR) is 79.4 cm³/mol. The largest absolute Gasteiger partial charge is 0.462 e. The van der Waals surface area contributed by atoms with Gasteiger partial charge in [-0.3, -0.25) is 4.79 Å². The highest BCUT2D eigenvalue weighted by molar-refractivity contribution is 7.12. The summed E-state index contributed by atoms with van der Waals surface area (Å²) in [5.74, 6) is -0.499. The molecule has 2 aromatic rings. The summed E-state index contributed by atoms with van der Waals surface area (Å²) in [7, 11) is 0. The first-order valence-corrected chi connectivity index (χ1v) is 7.12. The summed E-state index contributed by atoms with van der Waals surface area (Å²) in [5.41, 5.74) is 2.07. The zero-order valence-corrected chi connectivity index (χ0v) is 12.1. The summed E-state index contributed by atoms with van der Waals surface area (Å²) in [4.78, 5) is 24.2. The average molecular weight is 289 g/mol. The molecule has 0 aliphatic rings. The fourth-order valence-corrected chi connectivity index (χ4v) is 2.52. The van der Waals surface area contributed by atoms with Crippen LogP contribution in [0.25, 0.3) is 0 Å². The van der Waals surface area contributed by atoms with Crippen molar-refractivity contribution < 1.29 is 14.3 Å². The minimum atomic E-state index is -0.362. The third-order valence-corrected chi connectivity index (χ3v) is 3.74.